The molecule has 0 aliphatic rings. The molecule has 0 aliphatic heterocycles. The number of sulfonamides is 1. The third-order valence-electron chi connectivity index (χ3n) is 3.71. The standard InChI is InChI=1S/C18H25N5O3S/c1-12(2)11-21-17(24)16-10-13(3)22-18(23-16)20-9-8-14-4-6-15(7-5-14)27(19,25)26/h4-7,10,12H,8-9,11H2,1-3H3,(H,21,24)(H2,19,25,26)(H,20,22,23). The molecule has 9 heteroatoms. The Balaban J connectivity index is 1.96. The first kappa shape index (κ1) is 20.8. The van der Waals surface area contributed by atoms with Crippen molar-refractivity contribution in [2.75, 3.05) is 18.4 Å². The largest absolute Gasteiger partial charge is 0.354 e. The molecule has 0 aliphatic carbocycles. The van der Waals surface area contributed by atoms with Crippen molar-refractivity contribution in [3.63, 3.8) is 0 Å². The van der Waals surface area contributed by atoms with Crippen molar-refractivity contribution in [3.8, 4) is 0 Å². The van der Waals surface area contributed by atoms with Crippen molar-refractivity contribution < 1.29 is 13.2 Å². The summed E-state index contributed by atoms with van der Waals surface area (Å²) in [5, 5.41) is 11.0. The number of carbonyl (C=O) groups excluding carboxylic acids is 1. The predicted octanol–water partition coefficient (Wildman–Crippen LogP) is 1.47. The van der Waals surface area contributed by atoms with E-state index in [0.29, 0.717) is 42.8 Å². The van der Waals surface area contributed by atoms with E-state index < -0.39 is 10.0 Å². The summed E-state index contributed by atoms with van der Waals surface area (Å²) in [6.45, 7) is 6.96. The molecule has 27 heavy (non-hydrogen) atoms. The number of aryl methyl sites for hydroxylation is 1. The van der Waals surface area contributed by atoms with Gasteiger partial charge in [-0.15, -0.1) is 0 Å². The molecule has 1 amide bonds. The number of hydrogen-bond acceptors (Lipinski definition) is 6. The van der Waals surface area contributed by atoms with Gasteiger partial charge in [-0.1, -0.05) is 26.0 Å². The number of nitrogens with one attached hydrogen (secondary N) is 2. The zero-order chi connectivity index (χ0) is 20.0. The molecular formula is C18H25N5O3S. The summed E-state index contributed by atoms with van der Waals surface area (Å²) < 4.78 is 22.5. The summed E-state index contributed by atoms with van der Waals surface area (Å²) in [5.74, 6) is 0.511. The molecule has 0 unspecified atom stereocenters. The Bertz CT molecular complexity index is 896. The van der Waals surface area contributed by atoms with Crippen LogP contribution in [0.2, 0.25) is 0 Å². The normalized spacial score (nSPS) is 11.4. The molecule has 0 spiro atoms. The highest BCUT2D eigenvalue weighted by Crippen LogP contribution is 2.10. The molecule has 0 fully saturated rings. The van der Waals surface area contributed by atoms with Crippen LogP contribution in [0.4, 0.5) is 5.95 Å². The highest BCUT2D eigenvalue weighted by atomic mass is 32.2. The van der Waals surface area contributed by atoms with Gasteiger partial charge in [0, 0.05) is 18.8 Å². The Labute approximate surface area is 159 Å². The van der Waals surface area contributed by atoms with Gasteiger partial charge in [0.05, 0.1) is 4.90 Å². The molecule has 0 saturated carbocycles. The fourth-order valence-corrected chi connectivity index (χ4v) is 2.83. The third kappa shape index (κ3) is 6.61. The molecule has 146 valence electrons. The van der Waals surface area contributed by atoms with Crippen LogP contribution in [0.5, 0.6) is 0 Å². The van der Waals surface area contributed by atoms with Crippen LogP contribution >= 0.6 is 0 Å². The number of carbonyl (C=O) groups is 1. The Kier molecular flexibility index (Phi) is 6.86. The Morgan fingerprint density at radius 2 is 1.85 bits per heavy atom. The van der Waals surface area contributed by atoms with Crippen LogP contribution in [0, 0.1) is 12.8 Å². The molecule has 0 bridgehead atoms. The quantitative estimate of drug-likeness (QED) is 0.625. The third-order valence-corrected chi connectivity index (χ3v) is 4.64. The number of anilines is 1. The summed E-state index contributed by atoms with van der Waals surface area (Å²) in [6, 6.07) is 8.02. The van der Waals surface area contributed by atoms with E-state index in [1.54, 1.807) is 25.1 Å². The van der Waals surface area contributed by atoms with Gasteiger partial charge in [0.2, 0.25) is 16.0 Å². The van der Waals surface area contributed by atoms with E-state index in [-0.39, 0.29) is 10.8 Å². The van der Waals surface area contributed by atoms with E-state index in [1.807, 2.05) is 13.8 Å². The highest BCUT2D eigenvalue weighted by molar-refractivity contribution is 7.89. The van der Waals surface area contributed by atoms with Crippen molar-refractivity contribution >= 4 is 21.9 Å². The number of nitrogens with two attached hydrogens (primary N) is 1. The van der Waals surface area contributed by atoms with Crippen molar-refractivity contribution in [2.24, 2.45) is 11.1 Å². The van der Waals surface area contributed by atoms with Gasteiger partial charge in [-0.05, 0) is 43.0 Å². The van der Waals surface area contributed by atoms with Crippen LogP contribution in [0.15, 0.2) is 35.2 Å². The van der Waals surface area contributed by atoms with E-state index in [2.05, 4.69) is 20.6 Å². The number of benzene rings is 1. The summed E-state index contributed by atoms with van der Waals surface area (Å²) in [4.78, 5) is 20.8. The highest BCUT2D eigenvalue weighted by Gasteiger charge is 2.11. The van der Waals surface area contributed by atoms with Crippen LogP contribution in [0.3, 0.4) is 0 Å². The van der Waals surface area contributed by atoms with E-state index in [9.17, 15) is 13.2 Å². The average molecular weight is 391 g/mol. The molecule has 0 atom stereocenters. The Morgan fingerprint density at radius 1 is 1.19 bits per heavy atom. The maximum absolute atomic E-state index is 12.2. The van der Waals surface area contributed by atoms with E-state index in [1.165, 1.54) is 12.1 Å². The maximum Gasteiger partial charge on any atom is 0.270 e. The van der Waals surface area contributed by atoms with Gasteiger partial charge >= 0.3 is 0 Å². The molecule has 1 aromatic heterocycles. The Hall–Kier alpha value is -2.52. The van der Waals surface area contributed by atoms with Gasteiger partial charge in [-0.2, -0.15) is 0 Å². The predicted molar refractivity (Wildman–Crippen MR) is 104 cm³/mol. The molecule has 1 aromatic carbocycles. The smallest absolute Gasteiger partial charge is 0.270 e. The fraction of sp³-hybridized carbons (Fsp3) is 0.389. The van der Waals surface area contributed by atoms with Gasteiger partial charge in [-0.25, -0.2) is 23.5 Å². The van der Waals surface area contributed by atoms with Gasteiger partial charge in [-0.3, -0.25) is 4.79 Å². The second kappa shape index (κ2) is 8.92. The van der Waals surface area contributed by atoms with Crippen LogP contribution in [-0.2, 0) is 16.4 Å². The number of rotatable bonds is 8. The molecule has 0 saturated heterocycles. The SMILES string of the molecule is Cc1cc(C(=O)NCC(C)C)nc(NCCc2ccc(S(N)(=O)=O)cc2)n1. The van der Waals surface area contributed by atoms with Crippen molar-refractivity contribution in [1.82, 2.24) is 15.3 Å². The number of aromatic nitrogens is 2. The zero-order valence-electron chi connectivity index (χ0n) is 15.7. The Morgan fingerprint density at radius 3 is 2.44 bits per heavy atom. The van der Waals surface area contributed by atoms with Gasteiger partial charge in [0.25, 0.3) is 5.91 Å². The summed E-state index contributed by atoms with van der Waals surface area (Å²) in [7, 11) is -3.68. The van der Waals surface area contributed by atoms with E-state index in [4.69, 9.17) is 5.14 Å². The molecule has 1 heterocycles. The first-order chi connectivity index (χ1) is 12.6. The molecule has 2 rings (SSSR count). The zero-order valence-corrected chi connectivity index (χ0v) is 16.5. The van der Waals surface area contributed by atoms with Crippen molar-refractivity contribution in [3.05, 3.63) is 47.3 Å². The van der Waals surface area contributed by atoms with Gasteiger partial charge in [0.1, 0.15) is 5.69 Å². The maximum atomic E-state index is 12.2. The minimum absolute atomic E-state index is 0.0817. The van der Waals surface area contributed by atoms with E-state index in [0.717, 1.165) is 5.56 Å². The molecule has 4 N–H and O–H groups in total. The topological polar surface area (TPSA) is 127 Å². The van der Waals surface area contributed by atoms with Crippen LogP contribution in [0.1, 0.15) is 35.6 Å². The van der Waals surface area contributed by atoms with Crippen molar-refractivity contribution in [2.45, 2.75) is 32.1 Å². The lowest BCUT2D eigenvalue weighted by Gasteiger charge is -2.10. The first-order valence-corrected chi connectivity index (χ1v) is 10.2. The van der Waals surface area contributed by atoms with Gasteiger partial charge < -0.3 is 10.6 Å². The minimum Gasteiger partial charge on any atom is -0.354 e. The summed E-state index contributed by atoms with van der Waals surface area (Å²) >= 11 is 0. The number of amides is 1. The average Bonchev–Trinajstić information content (AvgIpc) is 2.59. The second-order valence-corrected chi connectivity index (χ2v) is 8.25. The van der Waals surface area contributed by atoms with Gasteiger partial charge in [0.15, 0.2) is 0 Å². The second-order valence-electron chi connectivity index (χ2n) is 6.69. The van der Waals surface area contributed by atoms with Crippen LogP contribution < -0.4 is 15.8 Å². The number of nitrogens with zero attached hydrogens (tertiary/aromatic N) is 2. The lowest BCUT2D eigenvalue weighted by atomic mass is 10.1. The van der Waals surface area contributed by atoms with Crippen molar-refractivity contribution in [1.29, 1.82) is 0 Å². The minimum atomic E-state index is -3.68. The summed E-state index contributed by atoms with van der Waals surface area (Å²) in [6.07, 6.45) is 0.636. The van der Waals surface area contributed by atoms with Crippen LogP contribution in [-0.4, -0.2) is 37.4 Å². The van der Waals surface area contributed by atoms with E-state index >= 15 is 0 Å². The van der Waals surface area contributed by atoms with Crippen LogP contribution in [0.25, 0.3) is 0 Å². The lowest BCUT2D eigenvalue weighted by molar-refractivity contribution is 0.0944. The first-order valence-electron chi connectivity index (χ1n) is 8.64. The lowest BCUT2D eigenvalue weighted by Crippen LogP contribution is -2.28. The molecule has 8 nitrogen and oxygen atoms in total. The molecule has 2 aromatic rings. The number of primary sulfonamides is 1. The fourth-order valence-electron chi connectivity index (χ4n) is 2.32. The molecule has 0 radical (unpaired) electrons. The monoisotopic (exact) mass is 391 g/mol. The molecular weight excluding hydrogens is 366 g/mol. The number of hydrogen-bond donors (Lipinski definition) is 3. The summed E-state index contributed by atoms with van der Waals surface area (Å²) in [5.41, 5.74) is 1.96.